The molecule has 1 heterocycles. The van der Waals surface area contributed by atoms with Crippen LogP contribution in [-0.4, -0.2) is 25.2 Å². The highest BCUT2D eigenvalue weighted by atomic mass is 32.1. The van der Waals surface area contributed by atoms with Crippen molar-refractivity contribution in [3.63, 3.8) is 0 Å². The topological polar surface area (TPSA) is 50.8 Å². The van der Waals surface area contributed by atoms with Crippen LogP contribution >= 0.6 is 12.2 Å². The second kappa shape index (κ2) is 7.32. The maximum atomic E-state index is 12.9. The molecule has 1 saturated heterocycles. The molecule has 1 aliphatic heterocycles. The van der Waals surface area contributed by atoms with Crippen molar-refractivity contribution >= 4 is 45.8 Å². The van der Waals surface area contributed by atoms with E-state index >= 15 is 0 Å². The Morgan fingerprint density at radius 1 is 0.929 bits per heavy atom. The third-order valence-corrected chi connectivity index (χ3v) is 4.86. The predicted molar refractivity (Wildman–Crippen MR) is 115 cm³/mol. The summed E-state index contributed by atoms with van der Waals surface area (Å²) < 4.78 is 10.5. The number of nitrogens with zero attached hydrogens (tertiary/aromatic N) is 1. The number of methoxy groups -OCH3 is 2. The van der Waals surface area contributed by atoms with Crippen molar-refractivity contribution in [2.24, 2.45) is 0 Å². The Morgan fingerprint density at radius 2 is 1.64 bits per heavy atom. The van der Waals surface area contributed by atoms with Crippen molar-refractivity contribution in [2.45, 2.75) is 0 Å². The minimum absolute atomic E-state index is 0.201. The Morgan fingerprint density at radius 3 is 2.43 bits per heavy atom. The number of hydrogen-bond acceptors (Lipinski definition) is 4. The van der Waals surface area contributed by atoms with Crippen LogP contribution in [-0.2, 0) is 4.79 Å². The molecule has 4 rings (SSSR count). The van der Waals surface area contributed by atoms with Gasteiger partial charge in [-0.05, 0) is 65.0 Å². The van der Waals surface area contributed by atoms with Crippen LogP contribution in [0.25, 0.3) is 16.8 Å². The number of benzene rings is 3. The van der Waals surface area contributed by atoms with Crippen molar-refractivity contribution in [3.05, 3.63) is 71.9 Å². The molecule has 0 bridgehead atoms. The second-order valence-corrected chi connectivity index (χ2v) is 6.69. The normalized spacial score (nSPS) is 15.2. The van der Waals surface area contributed by atoms with Crippen LogP contribution in [0.15, 0.2) is 66.4 Å². The summed E-state index contributed by atoms with van der Waals surface area (Å²) in [5, 5.41) is 5.49. The third-order valence-electron chi connectivity index (χ3n) is 4.57. The Bertz CT molecular complexity index is 1120. The first-order valence-electron chi connectivity index (χ1n) is 8.68. The lowest BCUT2D eigenvalue weighted by molar-refractivity contribution is -0.113. The zero-order chi connectivity index (χ0) is 19.7. The number of hydrogen-bond donors (Lipinski definition) is 1. The number of rotatable bonds is 4. The van der Waals surface area contributed by atoms with Crippen LogP contribution in [0.5, 0.6) is 11.5 Å². The fourth-order valence-corrected chi connectivity index (χ4v) is 3.44. The largest absolute Gasteiger partial charge is 0.497 e. The first-order chi connectivity index (χ1) is 13.6. The second-order valence-electron chi connectivity index (χ2n) is 6.30. The van der Waals surface area contributed by atoms with Crippen molar-refractivity contribution < 1.29 is 14.3 Å². The molecule has 0 aromatic heterocycles. The van der Waals surface area contributed by atoms with E-state index in [1.807, 2.05) is 54.6 Å². The molecule has 1 N–H and O–H groups in total. The molecule has 1 aliphatic rings. The fourth-order valence-electron chi connectivity index (χ4n) is 3.14. The lowest BCUT2D eigenvalue weighted by Gasteiger charge is -2.14. The summed E-state index contributed by atoms with van der Waals surface area (Å²) >= 11 is 5.38. The van der Waals surface area contributed by atoms with Gasteiger partial charge in [-0.2, -0.15) is 0 Å². The summed E-state index contributed by atoms with van der Waals surface area (Å²) in [5.41, 5.74) is 2.00. The van der Waals surface area contributed by atoms with Gasteiger partial charge in [-0.15, -0.1) is 0 Å². The summed E-state index contributed by atoms with van der Waals surface area (Å²) in [4.78, 5) is 14.4. The van der Waals surface area contributed by atoms with Crippen LogP contribution in [0, 0.1) is 0 Å². The van der Waals surface area contributed by atoms with E-state index in [2.05, 4.69) is 5.32 Å². The highest BCUT2D eigenvalue weighted by molar-refractivity contribution is 7.80. The number of carbonyl (C=O) groups is 1. The molecule has 1 fully saturated rings. The molecule has 0 saturated carbocycles. The molecule has 0 aliphatic carbocycles. The molecule has 5 nitrogen and oxygen atoms in total. The molecular weight excluding hydrogens is 372 g/mol. The van der Waals surface area contributed by atoms with Gasteiger partial charge >= 0.3 is 0 Å². The van der Waals surface area contributed by atoms with Crippen molar-refractivity contribution in [1.82, 2.24) is 5.32 Å². The minimum atomic E-state index is -0.201. The van der Waals surface area contributed by atoms with Gasteiger partial charge in [0.05, 0.1) is 19.9 Å². The molecule has 1 amide bonds. The van der Waals surface area contributed by atoms with Crippen LogP contribution in [0.2, 0.25) is 0 Å². The van der Waals surface area contributed by atoms with Gasteiger partial charge in [0.2, 0.25) is 0 Å². The maximum Gasteiger partial charge on any atom is 0.281 e. The standard InChI is InChI=1S/C22H18N2O3S/c1-26-18-5-3-4-17(13-18)24-21(25)20(23-22(24)28)11-14-6-7-16-12-19(27-2)9-8-15(16)10-14/h3-13H,1-2H3,(H,23,28)/b20-11+. The van der Waals surface area contributed by atoms with Gasteiger partial charge in [0.25, 0.3) is 5.91 Å². The van der Waals surface area contributed by atoms with Crippen molar-refractivity contribution in [1.29, 1.82) is 0 Å². The monoisotopic (exact) mass is 390 g/mol. The number of fused-ring (bicyclic) bond motifs is 1. The summed E-state index contributed by atoms with van der Waals surface area (Å²) in [7, 11) is 3.23. The molecule has 0 unspecified atom stereocenters. The van der Waals surface area contributed by atoms with Gasteiger partial charge in [0.15, 0.2) is 5.11 Å². The first-order valence-corrected chi connectivity index (χ1v) is 9.09. The number of carbonyl (C=O) groups excluding carboxylic acids is 1. The quantitative estimate of drug-likeness (QED) is 0.536. The molecule has 28 heavy (non-hydrogen) atoms. The minimum Gasteiger partial charge on any atom is -0.497 e. The average molecular weight is 390 g/mol. The number of anilines is 1. The Kier molecular flexibility index (Phi) is 4.71. The predicted octanol–water partition coefficient (Wildman–Crippen LogP) is 4.12. The van der Waals surface area contributed by atoms with Crippen LogP contribution < -0.4 is 19.7 Å². The molecule has 6 heteroatoms. The van der Waals surface area contributed by atoms with E-state index in [0.29, 0.717) is 22.2 Å². The van der Waals surface area contributed by atoms with E-state index in [1.165, 1.54) is 4.90 Å². The lowest BCUT2D eigenvalue weighted by Crippen LogP contribution is -2.30. The highest BCUT2D eigenvalue weighted by Crippen LogP contribution is 2.27. The van der Waals surface area contributed by atoms with E-state index in [9.17, 15) is 4.79 Å². The highest BCUT2D eigenvalue weighted by Gasteiger charge is 2.32. The Labute approximate surface area is 168 Å². The van der Waals surface area contributed by atoms with Gasteiger partial charge in [-0.25, -0.2) is 0 Å². The average Bonchev–Trinajstić information content (AvgIpc) is 3.00. The molecule has 0 atom stereocenters. The van der Waals surface area contributed by atoms with E-state index < -0.39 is 0 Å². The van der Waals surface area contributed by atoms with E-state index in [-0.39, 0.29) is 5.91 Å². The summed E-state index contributed by atoms with van der Waals surface area (Å²) in [5.74, 6) is 1.27. The molecule has 0 spiro atoms. The smallest absolute Gasteiger partial charge is 0.281 e. The van der Waals surface area contributed by atoms with Crippen LogP contribution in [0.1, 0.15) is 5.56 Å². The van der Waals surface area contributed by atoms with Crippen LogP contribution in [0.4, 0.5) is 5.69 Å². The number of thiocarbonyl (C=S) groups is 1. The van der Waals surface area contributed by atoms with E-state index in [0.717, 1.165) is 22.1 Å². The number of nitrogens with one attached hydrogen (secondary N) is 1. The molecule has 3 aromatic rings. The lowest BCUT2D eigenvalue weighted by atomic mass is 10.1. The molecular formula is C22H18N2O3S. The third kappa shape index (κ3) is 3.30. The maximum absolute atomic E-state index is 12.9. The zero-order valence-corrected chi connectivity index (χ0v) is 16.2. The summed E-state index contributed by atoms with van der Waals surface area (Å²) in [6.45, 7) is 0. The van der Waals surface area contributed by atoms with Gasteiger partial charge in [-0.1, -0.05) is 24.3 Å². The van der Waals surface area contributed by atoms with Gasteiger partial charge < -0.3 is 14.8 Å². The van der Waals surface area contributed by atoms with Gasteiger partial charge in [0, 0.05) is 6.07 Å². The molecule has 3 aromatic carbocycles. The van der Waals surface area contributed by atoms with E-state index in [4.69, 9.17) is 21.7 Å². The first kappa shape index (κ1) is 18.0. The van der Waals surface area contributed by atoms with Crippen LogP contribution in [0.3, 0.4) is 0 Å². The summed E-state index contributed by atoms with van der Waals surface area (Å²) in [6, 6.07) is 19.1. The Hall–Kier alpha value is -3.38. The van der Waals surface area contributed by atoms with Crippen molar-refractivity contribution in [2.75, 3.05) is 19.1 Å². The van der Waals surface area contributed by atoms with E-state index in [1.54, 1.807) is 26.4 Å². The Balaban J connectivity index is 1.66. The number of ether oxygens (including phenoxy) is 2. The fraction of sp³-hybridized carbons (Fsp3) is 0.0909. The van der Waals surface area contributed by atoms with Gasteiger partial charge in [-0.3, -0.25) is 9.69 Å². The molecule has 0 radical (unpaired) electrons. The van der Waals surface area contributed by atoms with Crippen molar-refractivity contribution in [3.8, 4) is 11.5 Å². The summed E-state index contributed by atoms with van der Waals surface area (Å²) in [6.07, 6.45) is 1.80. The zero-order valence-electron chi connectivity index (χ0n) is 15.4. The number of amides is 1. The molecule has 140 valence electrons. The SMILES string of the molecule is COc1cccc(N2C(=O)/C(=C\c3ccc4cc(OC)ccc4c3)NC2=S)c1. The van der Waals surface area contributed by atoms with Gasteiger partial charge in [0.1, 0.15) is 17.2 Å².